The summed E-state index contributed by atoms with van der Waals surface area (Å²) in [4.78, 5) is 7.15. The Kier molecular flexibility index (Phi) is 6.13. The van der Waals surface area contributed by atoms with Gasteiger partial charge in [0.05, 0.1) is 22.1 Å². The van der Waals surface area contributed by atoms with Gasteiger partial charge in [0.2, 0.25) is 0 Å². The first kappa shape index (κ1) is 18.0. The molecule has 0 amide bonds. The molecular formula is C19H26ClN5. The minimum Gasteiger partial charge on any atom is -0.382 e. The minimum atomic E-state index is 0.670. The van der Waals surface area contributed by atoms with Crippen LogP contribution in [-0.4, -0.2) is 38.2 Å². The molecule has 1 aromatic heterocycles. The topological polar surface area (TPSA) is 52.2 Å². The SMILES string of the molecule is CNNCCNc1cc(Cl)c(-c2ccc(N3CCCC3)cc2)nc1C. The normalized spacial score (nSPS) is 14.1. The number of aromatic nitrogens is 1. The highest BCUT2D eigenvalue weighted by atomic mass is 35.5. The summed E-state index contributed by atoms with van der Waals surface area (Å²) in [6.07, 6.45) is 2.57. The van der Waals surface area contributed by atoms with Crippen LogP contribution < -0.4 is 21.1 Å². The molecule has 134 valence electrons. The van der Waals surface area contributed by atoms with Gasteiger partial charge in [0.1, 0.15) is 0 Å². The minimum absolute atomic E-state index is 0.670. The highest BCUT2D eigenvalue weighted by Crippen LogP contribution is 2.31. The van der Waals surface area contributed by atoms with Gasteiger partial charge >= 0.3 is 0 Å². The van der Waals surface area contributed by atoms with Crippen LogP contribution in [0.4, 0.5) is 11.4 Å². The van der Waals surface area contributed by atoms with Crippen molar-refractivity contribution in [1.29, 1.82) is 0 Å². The number of hydrazine groups is 1. The van der Waals surface area contributed by atoms with Crippen molar-refractivity contribution >= 4 is 23.0 Å². The van der Waals surface area contributed by atoms with E-state index in [9.17, 15) is 0 Å². The quantitative estimate of drug-likeness (QED) is 0.522. The van der Waals surface area contributed by atoms with Gasteiger partial charge in [-0.25, -0.2) is 4.98 Å². The lowest BCUT2D eigenvalue weighted by Crippen LogP contribution is -2.32. The number of hydrogen-bond donors (Lipinski definition) is 3. The molecule has 3 rings (SSSR count). The van der Waals surface area contributed by atoms with Gasteiger partial charge in [-0.1, -0.05) is 23.7 Å². The third-order valence-electron chi connectivity index (χ3n) is 4.52. The Morgan fingerprint density at radius 1 is 1.12 bits per heavy atom. The van der Waals surface area contributed by atoms with Crippen LogP contribution >= 0.6 is 11.6 Å². The van der Waals surface area contributed by atoms with Gasteiger partial charge in [0, 0.05) is 37.4 Å². The van der Waals surface area contributed by atoms with Crippen molar-refractivity contribution in [2.75, 3.05) is 43.4 Å². The van der Waals surface area contributed by atoms with Crippen LogP contribution in [0, 0.1) is 6.92 Å². The second kappa shape index (κ2) is 8.52. The number of halogens is 1. The number of aryl methyl sites for hydroxylation is 1. The fourth-order valence-corrected chi connectivity index (χ4v) is 3.41. The summed E-state index contributed by atoms with van der Waals surface area (Å²) in [5.74, 6) is 0. The van der Waals surface area contributed by atoms with Crippen molar-refractivity contribution in [1.82, 2.24) is 15.8 Å². The van der Waals surface area contributed by atoms with Crippen LogP contribution in [0.5, 0.6) is 0 Å². The van der Waals surface area contributed by atoms with Gasteiger partial charge in [-0.2, -0.15) is 0 Å². The van der Waals surface area contributed by atoms with Crippen LogP contribution in [-0.2, 0) is 0 Å². The highest BCUT2D eigenvalue weighted by Gasteiger charge is 2.14. The number of rotatable bonds is 7. The third-order valence-corrected chi connectivity index (χ3v) is 4.81. The van der Waals surface area contributed by atoms with Crippen LogP contribution in [0.1, 0.15) is 18.5 Å². The first-order valence-electron chi connectivity index (χ1n) is 8.85. The maximum atomic E-state index is 6.50. The van der Waals surface area contributed by atoms with E-state index in [4.69, 9.17) is 16.6 Å². The fraction of sp³-hybridized carbons (Fsp3) is 0.421. The van der Waals surface area contributed by atoms with Gasteiger partial charge in [0.15, 0.2) is 0 Å². The van der Waals surface area contributed by atoms with E-state index < -0.39 is 0 Å². The van der Waals surface area contributed by atoms with E-state index in [2.05, 4.69) is 45.3 Å². The molecule has 0 spiro atoms. The van der Waals surface area contributed by atoms with Crippen molar-refractivity contribution in [3.8, 4) is 11.3 Å². The Morgan fingerprint density at radius 3 is 2.52 bits per heavy atom. The molecule has 1 aliphatic rings. The molecule has 25 heavy (non-hydrogen) atoms. The smallest absolute Gasteiger partial charge is 0.0893 e. The van der Waals surface area contributed by atoms with Gasteiger partial charge in [-0.15, -0.1) is 0 Å². The first-order chi connectivity index (χ1) is 12.2. The van der Waals surface area contributed by atoms with Gasteiger partial charge in [-0.05, 0) is 45.0 Å². The maximum absolute atomic E-state index is 6.50. The van der Waals surface area contributed by atoms with E-state index in [0.29, 0.717) is 5.02 Å². The summed E-state index contributed by atoms with van der Waals surface area (Å²) in [6.45, 7) is 5.92. The van der Waals surface area contributed by atoms with E-state index in [1.54, 1.807) is 0 Å². The number of nitrogens with zero attached hydrogens (tertiary/aromatic N) is 2. The van der Waals surface area contributed by atoms with E-state index >= 15 is 0 Å². The molecule has 0 bridgehead atoms. The van der Waals surface area contributed by atoms with E-state index in [1.807, 2.05) is 20.0 Å². The van der Waals surface area contributed by atoms with Crippen LogP contribution in [0.15, 0.2) is 30.3 Å². The van der Waals surface area contributed by atoms with E-state index in [-0.39, 0.29) is 0 Å². The maximum Gasteiger partial charge on any atom is 0.0893 e. The molecule has 1 fully saturated rings. The highest BCUT2D eigenvalue weighted by molar-refractivity contribution is 6.33. The molecule has 1 aliphatic heterocycles. The molecule has 0 radical (unpaired) electrons. The molecule has 2 heterocycles. The average Bonchev–Trinajstić information content (AvgIpc) is 3.16. The summed E-state index contributed by atoms with van der Waals surface area (Å²) in [5.41, 5.74) is 11.0. The third kappa shape index (κ3) is 4.42. The standard InChI is InChI=1S/C19H26ClN5/c1-14-18(22-9-10-23-21-2)13-17(20)19(24-14)15-5-7-16(8-6-15)25-11-3-4-12-25/h5-8,13,21-23H,3-4,9-12H2,1-2H3. The summed E-state index contributed by atoms with van der Waals surface area (Å²) >= 11 is 6.50. The predicted octanol–water partition coefficient (Wildman–Crippen LogP) is 3.45. The number of hydrogen-bond acceptors (Lipinski definition) is 5. The van der Waals surface area contributed by atoms with Crippen LogP contribution in [0.3, 0.4) is 0 Å². The summed E-state index contributed by atoms with van der Waals surface area (Å²) < 4.78 is 0. The molecule has 0 aliphatic carbocycles. The number of benzene rings is 1. The van der Waals surface area contributed by atoms with Gasteiger partial charge in [0.25, 0.3) is 0 Å². The van der Waals surface area contributed by atoms with Crippen molar-refractivity contribution in [3.05, 3.63) is 41.0 Å². The predicted molar refractivity (Wildman–Crippen MR) is 106 cm³/mol. The largest absolute Gasteiger partial charge is 0.382 e. The number of pyridine rings is 1. The van der Waals surface area contributed by atoms with Crippen molar-refractivity contribution in [2.45, 2.75) is 19.8 Å². The molecular weight excluding hydrogens is 334 g/mol. The molecule has 2 aromatic rings. The van der Waals surface area contributed by atoms with E-state index in [0.717, 1.165) is 48.8 Å². The number of nitrogens with one attached hydrogen (secondary N) is 3. The molecule has 6 heteroatoms. The first-order valence-corrected chi connectivity index (χ1v) is 9.23. The van der Waals surface area contributed by atoms with Crippen molar-refractivity contribution in [2.24, 2.45) is 0 Å². The lowest BCUT2D eigenvalue weighted by atomic mass is 10.1. The zero-order valence-electron chi connectivity index (χ0n) is 14.9. The lowest BCUT2D eigenvalue weighted by molar-refractivity contribution is 0.611. The molecule has 0 atom stereocenters. The van der Waals surface area contributed by atoms with Gasteiger partial charge < -0.3 is 10.2 Å². The Balaban J connectivity index is 1.74. The molecule has 1 saturated heterocycles. The Labute approximate surface area is 154 Å². The van der Waals surface area contributed by atoms with Crippen LogP contribution in [0.25, 0.3) is 11.3 Å². The molecule has 5 nitrogen and oxygen atoms in total. The second-order valence-corrected chi connectivity index (χ2v) is 6.70. The molecule has 0 saturated carbocycles. The second-order valence-electron chi connectivity index (χ2n) is 6.30. The summed E-state index contributed by atoms with van der Waals surface area (Å²) in [6, 6.07) is 10.5. The Hall–Kier alpha value is -1.82. The number of anilines is 2. The Morgan fingerprint density at radius 2 is 1.84 bits per heavy atom. The summed E-state index contributed by atoms with van der Waals surface area (Å²) in [7, 11) is 1.85. The van der Waals surface area contributed by atoms with Crippen molar-refractivity contribution < 1.29 is 0 Å². The Bertz CT molecular complexity index is 696. The van der Waals surface area contributed by atoms with Gasteiger partial charge in [-0.3, -0.25) is 10.9 Å². The zero-order valence-corrected chi connectivity index (χ0v) is 15.7. The monoisotopic (exact) mass is 359 g/mol. The lowest BCUT2D eigenvalue weighted by Gasteiger charge is -2.18. The van der Waals surface area contributed by atoms with E-state index in [1.165, 1.54) is 18.5 Å². The fourth-order valence-electron chi connectivity index (χ4n) is 3.15. The molecule has 0 unspecified atom stereocenters. The summed E-state index contributed by atoms with van der Waals surface area (Å²) in [5, 5.41) is 4.03. The van der Waals surface area contributed by atoms with Crippen LogP contribution in [0.2, 0.25) is 5.02 Å². The zero-order chi connectivity index (χ0) is 17.6. The molecule has 1 aromatic carbocycles. The molecule has 3 N–H and O–H groups in total. The average molecular weight is 360 g/mol. The van der Waals surface area contributed by atoms with Crippen molar-refractivity contribution in [3.63, 3.8) is 0 Å².